The van der Waals surface area contributed by atoms with Gasteiger partial charge in [0.25, 0.3) is 0 Å². The van der Waals surface area contributed by atoms with Crippen LogP contribution >= 0.6 is 0 Å². The molecule has 11 aromatic rings. The van der Waals surface area contributed by atoms with Crippen LogP contribution in [-0.4, -0.2) is 9.97 Å². The molecule has 0 saturated carbocycles. The van der Waals surface area contributed by atoms with Crippen molar-refractivity contribution in [1.29, 1.82) is 0 Å². The molecular weight excluding hydrogens is 705 g/mol. The predicted octanol–water partition coefficient (Wildman–Crippen LogP) is 14.8. The topological polar surface area (TPSA) is 38.9 Å². The van der Waals surface area contributed by atoms with Crippen LogP contribution in [0.25, 0.3) is 110 Å². The number of benzene rings is 9. The average Bonchev–Trinajstić information content (AvgIpc) is 3.77. The van der Waals surface area contributed by atoms with Gasteiger partial charge in [-0.2, -0.15) is 0 Å². The van der Waals surface area contributed by atoms with Gasteiger partial charge in [0.05, 0.1) is 22.9 Å². The molecule has 0 fully saturated rings. The standard InChI is InChI=1S/C55H36N2O/c1-55(2)48-30-37(21-24-42(48)43-25-22-38(31-49(43)55)36-23-26-52-47(29-36)44-17-7-8-20-51(44)58-52)34-12-9-11-33(27-34)35-13-10-14-39(28-35)50-32-56-53-45-18-5-3-15-40(45)41-16-4-6-19-46(41)54(53)57-50/h3-32H,1-2H3. The van der Waals surface area contributed by atoms with Crippen molar-refractivity contribution in [3.05, 3.63) is 193 Å². The Labute approximate surface area is 335 Å². The summed E-state index contributed by atoms with van der Waals surface area (Å²) in [6, 6.07) is 63.5. The van der Waals surface area contributed by atoms with Crippen molar-refractivity contribution in [1.82, 2.24) is 9.97 Å². The summed E-state index contributed by atoms with van der Waals surface area (Å²) in [4.78, 5) is 10.3. The minimum atomic E-state index is -0.159. The summed E-state index contributed by atoms with van der Waals surface area (Å²) in [5.74, 6) is 0. The average molecular weight is 741 g/mol. The molecule has 0 radical (unpaired) electrons. The zero-order valence-corrected chi connectivity index (χ0v) is 32.1. The molecule has 0 saturated heterocycles. The van der Waals surface area contributed by atoms with Crippen molar-refractivity contribution >= 4 is 54.5 Å². The fraction of sp³-hybridized carbons (Fsp3) is 0.0545. The van der Waals surface area contributed by atoms with Gasteiger partial charge in [0, 0.05) is 32.5 Å². The molecule has 2 heterocycles. The number of furan rings is 1. The van der Waals surface area contributed by atoms with Gasteiger partial charge >= 0.3 is 0 Å². The maximum Gasteiger partial charge on any atom is 0.135 e. The van der Waals surface area contributed by atoms with Crippen LogP contribution in [-0.2, 0) is 5.41 Å². The molecule has 0 amide bonds. The SMILES string of the molecule is CC1(C)c2cc(-c3cccc(-c4cccc(-c5cnc6c7ccccc7c7ccccc7c6n5)c4)c3)ccc2-c2ccc(-c3ccc4oc5ccccc5c4c3)cc21. The molecule has 0 unspecified atom stereocenters. The summed E-state index contributed by atoms with van der Waals surface area (Å²) < 4.78 is 6.13. The highest BCUT2D eigenvalue weighted by molar-refractivity contribution is 6.23. The summed E-state index contributed by atoms with van der Waals surface area (Å²) in [6.45, 7) is 4.72. The van der Waals surface area contributed by atoms with Crippen molar-refractivity contribution < 1.29 is 4.42 Å². The number of fused-ring (bicyclic) bond motifs is 12. The van der Waals surface area contributed by atoms with Gasteiger partial charge < -0.3 is 4.42 Å². The lowest BCUT2D eigenvalue weighted by atomic mass is 9.80. The van der Waals surface area contributed by atoms with Crippen LogP contribution in [0.1, 0.15) is 25.0 Å². The van der Waals surface area contributed by atoms with Crippen LogP contribution in [0.5, 0.6) is 0 Å². The van der Waals surface area contributed by atoms with Crippen LogP contribution in [0.4, 0.5) is 0 Å². The minimum Gasteiger partial charge on any atom is -0.456 e. The van der Waals surface area contributed by atoms with Gasteiger partial charge in [0.2, 0.25) is 0 Å². The molecule has 3 heteroatoms. The number of rotatable bonds is 4. The quantitative estimate of drug-likeness (QED) is 0.169. The first-order valence-corrected chi connectivity index (χ1v) is 20.0. The van der Waals surface area contributed by atoms with Crippen molar-refractivity contribution in [3.8, 4) is 55.8 Å². The minimum absolute atomic E-state index is 0.159. The number of aromatic nitrogens is 2. The third kappa shape index (κ3) is 4.93. The van der Waals surface area contributed by atoms with Gasteiger partial charge in [-0.15, -0.1) is 0 Å². The normalized spacial score (nSPS) is 13.1. The lowest BCUT2D eigenvalue weighted by Crippen LogP contribution is -2.15. The Hall–Kier alpha value is -7.36. The lowest BCUT2D eigenvalue weighted by molar-refractivity contribution is 0.661. The Morgan fingerprint density at radius 1 is 0.379 bits per heavy atom. The maximum absolute atomic E-state index is 6.13. The second-order valence-electron chi connectivity index (χ2n) is 16.2. The van der Waals surface area contributed by atoms with E-state index in [1.165, 1.54) is 60.8 Å². The second kappa shape index (κ2) is 12.3. The van der Waals surface area contributed by atoms with Gasteiger partial charge in [-0.3, -0.25) is 4.98 Å². The first-order chi connectivity index (χ1) is 28.5. The zero-order valence-electron chi connectivity index (χ0n) is 32.1. The Morgan fingerprint density at radius 2 is 0.862 bits per heavy atom. The fourth-order valence-corrected chi connectivity index (χ4v) is 9.50. The highest BCUT2D eigenvalue weighted by atomic mass is 16.3. The fourth-order valence-electron chi connectivity index (χ4n) is 9.50. The van der Waals surface area contributed by atoms with Crippen LogP contribution in [0.2, 0.25) is 0 Å². The van der Waals surface area contributed by atoms with Crippen LogP contribution in [0, 0.1) is 0 Å². The van der Waals surface area contributed by atoms with Gasteiger partial charge in [-0.25, -0.2) is 4.98 Å². The molecule has 9 aromatic carbocycles. The molecular formula is C55H36N2O. The summed E-state index contributed by atoms with van der Waals surface area (Å²) in [5, 5.41) is 6.95. The Morgan fingerprint density at radius 3 is 1.52 bits per heavy atom. The highest BCUT2D eigenvalue weighted by Gasteiger charge is 2.36. The van der Waals surface area contributed by atoms with E-state index in [0.717, 1.165) is 60.6 Å². The monoisotopic (exact) mass is 740 g/mol. The molecule has 1 aliphatic rings. The smallest absolute Gasteiger partial charge is 0.135 e. The van der Waals surface area contributed by atoms with Gasteiger partial charge in [-0.05, 0) is 109 Å². The van der Waals surface area contributed by atoms with Crippen molar-refractivity contribution in [2.45, 2.75) is 19.3 Å². The van der Waals surface area contributed by atoms with Crippen molar-refractivity contribution in [2.24, 2.45) is 0 Å². The van der Waals surface area contributed by atoms with E-state index in [4.69, 9.17) is 14.4 Å². The molecule has 12 rings (SSSR count). The van der Waals surface area contributed by atoms with Gasteiger partial charge in [0.1, 0.15) is 11.2 Å². The summed E-state index contributed by atoms with van der Waals surface area (Å²) >= 11 is 0. The van der Waals surface area contributed by atoms with Crippen molar-refractivity contribution in [3.63, 3.8) is 0 Å². The largest absolute Gasteiger partial charge is 0.456 e. The van der Waals surface area contributed by atoms with Crippen LogP contribution in [0.3, 0.4) is 0 Å². The molecule has 2 aromatic heterocycles. The highest BCUT2D eigenvalue weighted by Crippen LogP contribution is 2.51. The van der Waals surface area contributed by atoms with Gasteiger partial charge in [-0.1, -0.05) is 147 Å². The summed E-state index contributed by atoms with van der Waals surface area (Å²) in [6.07, 6.45) is 1.92. The number of para-hydroxylation sites is 1. The number of hydrogen-bond donors (Lipinski definition) is 0. The zero-order chi connectivity index (χ0) is 38.5. The third-order valence-corrected chi connectivity index (χ3v) is 12.5. The molecule has 1 aliphatic carbocycles. The van der Waals surface area contributed by atoms with E-state index in [1.54, 1.807) is 0 Å². The van der Waals surface area contributed by atoms with E-state index in [9.17, 15) is 0 Å². The Kier molecular flexibility index (Phi) is 6.98. The third-order valence-electron chi connectivity index (χ3n) is 12.5. The van der Waals surface area contributed by atoms with Crippen LogP contribution < -0.4 is 0 Å². The molecule has 0 spiro atoms. The molecule has 0 bridgehead atoms. The molecule has 0 atom stereocenters. The van der Waals surface area contributed by atoms with E-state index in [0.29, 0.717) is 0 Å². The summed E-state index contributed by atoms with van der Waals surface area (Å²) in [5.41, 5.74) is 18.0. The van der Waals surface area contributed by atoms with Gasteiger partial charge in [0.15, 0.2) is 0 Å². The number of nitrogens with zero attached hydrogens (tertiary/aromatic N) is 2. The predicted molar refractivity (Wildman–Crippen MR) is 241 cm³/mol. The molecule has 272 valence electrons. The van der Waals surface area contributed by atoms with E-state index in [2.05, 4.69) is 178 Å². The van der Waals surface area contributed by atoms with E-state index in [1.807, 2.05) is 18.3 Å². The van der Waals surface area contributed by atoms with Crippen molar-refractivity contribution in [2.75, 3.05) is 0 Å². The lowest BCUT2D eigenvalue weighted by Gasteiger charge is -2.22. The molecule has 58 heavy (non-hydrogen) atoms. The molecule has 3 nitrogen and oxygen atoms in total. The summed E-state index contributed by atoms with van der Waals surface area (Å²) in [7, 11) is 0. The van der Waals surface area contributed by atoms with E-state index >= 15 is 0 Å². The van der Waals surface area contributed by atoms with E-state index < -0.39 is 0 Å². The maximum atomic E-state index is 6.13. The molecule has 0 aliphatic heterocycles. The first-order valence-electron chi connectivity index (χ1n) is 20.0. The Balaban J connectivity index is 0.882. The van der Waals surface area contributed by atoms with E-state index in [-0.39, 0.29) is 5.41 Å². The number of hydrogen-bond acceptors (Lipinski definition) is 3. The first kappa shape index (κ1) is 32.8. The Bertz CT molecular complexity index is 3460. The molecule has 0 N–H and O–H groups in total. The second-order valence-corrected chi connectivity index (χ2v) is 16.2. The van der Waals surface area contributed by atoms with Crippen LogP contribution in [0.15, 0.2) is 187 Å².